The maximum atomic E-state index is 14.6. The van der Waals surface area contributed by atoms with E-state index in [4.69, 9.17) is 16.2 Å². The molecule has 0 radical (unpaired) electrons. The second-order valence-electron chi connectivity index (χ2n) is 29.9. The minimum Gasteiger partial charge on any atom is -0.508 e. The summed E-state index contributed by atoms with van der Waals surface area (Å²) in [5, 5.41) is 98.2. The smallest absolute Gasteiger partial charge is 0.328 e. The third kappa shape index (κ3) is 33.1. The fourth-order valence-corrected chi connectivity index (χ4v) is 13.3. The van der Waals surface area contributed by atoms with Crippen LogP contribution in [0.2, 0.25) is 0 Å². The average molecular weight is 1640 g/mol. The van der Waals surface area contributed by atoms with Crippen molar-refractivity contribution >= 4 is 101 Å². The van der Waals surface area contributed by atoms with Crippen LogP contribution in [0.1, 0.15) is 189 Å². The number of phenols is 1. The van der Waals surface area contributed by atoms with E-state index in [-0.39, 0.29) is 88.5 Å². The van der Waals surface area contributed by atoms with Crippen LogP contribution in [0.5, 0.6) is 5.75 Å². The number of phenolic OH excluding ortho intramolecular Hbond substituents is 1. The number of unbranched alkanes of at least 4 members (excludes halogenated alkanes) is 10. The zero-order valence-electron chi connectivity index (χ0n) is 66.6. The maximum Gasteiger partial charge on any atom is 0.328 e. The summed E-state index contributed by atoms with van der Waals surface area (Å²) in [6.45, 7) is 11.8. The van der Waals surface area contributed by atoms with Crippen molar-refractivity contribution in [3.63, 3.8) is 0 Å². The Labute approximate surface area is 670 Å². The summed E-state index contributed by atoms with van der Waals surface area (Å²) in [5.41, 5.74) is 11.6. The highest BCUT2D eigenvalue weighted by atomic mass is 35.5. The van der Waals surface area contributed by atoms with Gasteiger partial charge in [-0.1, -0.05) is 97.1 Å². The quantitative estimate of drug-likeness (QED) is 0.0221. The number of carboxylic acids is 1. The van der Waals surface area contributed by atoms with E-state index in [9.17, 15) is 108 Å². The van der Waals surface area contributed by atoms with Crippen molar-refractivity contribution in [2.24, 2.45) is 17.4 Å². The van der Waals surface area contributed by atoms with E-state index in [0.29, 0.717) is 38.2 Å². The van der Waals surface area contributed by atoms with Gasteiger partial charge >= 0.3 is 11.9 Å². The molecule has 4 rings (SSSR count). The Hall–Kier alpha value is -8.92. The number of hydrogen-bond acceptors (Lipinski definition) is 24. The number of aliphatic hydroxyl groups excluding tert-OH is 5. The molecule has 114 heavy (non-hydrogen) atoms. The van der Waals surface area contributed by atoms with Gasteiger partial charge in [-0.15, -0.1) is 12.4 Å². The molecule has 0 bridgehead atoms. The zero-order valence-corrected chi connectivity index (χ0v) is 67.4. The molecule has 0 unspecified atom stereocenters. The standard InChI is InChI=1S/C75H123N15O23.ClH/c1-9-10-11-12-13-14-15-16-17-18-19-22-49(38-58(100)101)113-75(112)50(29-30-57(99)88-35-31-78-32-36-88)81-71(108)61(44(6)92)83-56(98)40-79-70(107)64(54(96)39-55(76)97)87-68(105)53-24-21-34-90(53)74(111)63(46(8)94)86-72(109)62(45(7)93)85-67(104)52-23-20-33-89(52)73(110)60(41(2)3)84-66(103)51(37-47-25-27-48(95)28-26-47)82-65(102)42(4)80-69(106)59(77)43(5)91;/h25-28,41-46,49-54,59-64,78,91-96H,9-24,29-40,77H2,1-8H3,(H2,76,97)(H,79,107)(H,80,106)(H,81,108)(H,82,102)(H,83,98)(H,84,103)(H,85,104)(H,86,109)(H,87,105)(H,100,101);1H/t42-,43-,44-,45-,46-,49-,50+,51+,52+,53+,54-,59+,60+,61+,62+,63+,64+;/m1./s1. The number of nitrogens with two attached hydrogens (primary N) is 2. The first-order valence-electron chi connectivity index (χ1n) is 39.3. The first-order chi connectivity index (χ1) is 53.4. The van der Waals surface area contributed by atoms with Crippen LogP contribution < -0.4 is 64.6 Å². The van der Waals surface area contributed by atoms with Gasteiger partial charge in [-0.3, -0.25) is 67.1 Å². The minimum atomic E-state index is -2.11. The highest BCUT2D eigenvalue weighted by Crippen LogP contribution is 2.25. The number of nitrogens with zero attached hydrogens (tertiary/aromatic N) is 3. The predicted molar refractivity (Wildman–Crippen MR) is 414 cm³/mol. The highest BCUT2D eigenvalue weighted by Gasteiger charge is 2.45. The molecule has 13 amide bonds. The van der Waals surface area contributed by atoms with Crippen molar-refractivity contribution in [3.8, 4) is 5.75 Å². The van der Waals surface area contributed by atoms with Crippen molar-refractivity contribution in [2.45, 2.75) is 293 Å². The lowest BCUT2D eigenvalue weighted by Gasteiger charge is -2.33. The van der Waals surface area contributed by atoms with Crippen LogP contribution in [0, 0.1) is 5.92 Å². The summed E-state index contributed by atoms with van der Waals surface area (Å²) in [7, 11) is 0. The first kappa shape index (κ1) is 99.3. The van der Waals surface area contributed by atoms with Gasteiger partial charge in [0.25, 0.3) is 0 Å². The number of aromatic hydroxyl groups is 1. The number of carbonyl (C=O) groups excluding carboxylic acids is 14. The monoisotopic (exact) mass is 1640 g/mol. The van der Waals surface area contributed by atoms with Crippen LogP contribution in [-0.4, -0.2) is 288 Å². The van der Waals surface area contributed by atoms with Crippen molar-refractivity contribution in [1.82, 2.24) is 67.9 Å². The lowest BCUT2D eigenvalue weighted by molar-refractivity contribution is -0.157. The van der Waals surface area contributed by atoms with Crippen molar-refractivity contribution < 1.29 is 112 Å². The van der Waals surface area contributed by atoms with Gasteiger partial charge in [-0.25, -0.2) is 4.79 Å². The van der Waals surface area contributed by atoms with Crippen LogP contribution in [0.15, 0.2) is 24.3 Å². The average Bonchev–Trinajstić information content (AvgIpc) is 1.62. The van der Waals surface area contributed by atoms with Crippen LogP contribution in [0.25, 0.3) is 0 Å². The number of nitrogens with one attached hydrogen (secondary N) is 10. The number of primary amides is 1. The Morgan fingerprint density at radius 2 is 1.03 bits per heavy atom. The molecule has 644 valence electrons. The molecule has 17 atom stereocenters. The van der Waals surface area contributed by atoms with E-state index in [2.05, 4.69) is 60.1 Å². The highest BCUT2D eigenvalue weighted by molar-refractivity contribution is 6.00. The van der Waals surface area contributed by atoms with E-state index in [1.165, 1.54) is 57.4 Å². The van der Waals surface area contributed by atoms with E-state index in [0.717, 1.165) is 75.5 Å². The number of aliphatic carboxylic acids is 1. The van der Waals surface area contributed by atoms with E-state index < -0.39 is 211 Å². The fourth-order valence-electron chi connectivity index (χ4n) is 13.3. The molecule has 39 heteroatoms. The lowest BCUT2D eigenvalue weighted by atomic mass is 9.99. The number of ether oxygens (including phenoxy) is 1. The van der Waals surface area contributed by atoms with Gasteiger partial charge in [0, 0.05) is 52.1 Å². The summed E-state index contributed by atoms with van der Waals surface area (Å²) in [6, 6.07) is -12.0. The van der Waals surface area contributed by atoms with Crippen molar-refractivity contribution in [1.29, 1.82) is 0 Å². The third-order valence-corrected chi connectivity index (χ3v) is 20.0. The van der Waals surface area contributed by atoms with Crippen LogP contribution in [0.4, 0.5) is 0 Å². The summed E-state index contributed by atoms with van der Waals surface area (Å²) < 4.78 is 5.71. The third-order valence-electron chi connectivity index (χ3n) is 20.0. The van der Waals surface area contributed by atoms with E-state index in [1.807, 2.05) is 0 Å². The number of carboxylic acid groups (broad SMARTS) is 1. The maximum absolute atomic E-state index is 14.6. The number of benzene rings is 1. The Balaban J connectivity index is 0.0000336. The molecule has 3 aliphatic rings. The number of esters is 1. The Bertz CT molecular complexity index is 3350. The second kappa shape index (κ2) is 50.4. The molecule has 3 aliphatic heterocycles. The summed E-state index contributed by atoms with van der Waals surface area (Å²) in [4.78, 5) is 209. The molecule has 3 saturated heterocycles. The Morgan fingerprint density at radius 1 is 0.535 bits per heavy atom. The first-order valence-corrected chi connectivity index (χ1v) is 39.3. The predicted octanol–water partition coefficient (Wildman–Crippen LogP) is -3.60. The van der Waals surface area contributed by atoms with Gasteiger partial charge in [0.15, 0.2) is 0 Å². The molecular formula is C75H124ClN15O23. The number of aliphatic hydroxyl groups is 5. The molecule has 0 aromatic heterocycles. The molecule has 38 nitrogen and oxygen atoms in total. The number of likely N-dealkylation sites (tertiary alicyclic amines) is 2. The number of hydrogen-bond donors (Lipinski definition) is 19. The molecule has 0 spiro atoms. The number of piperazine rings is 1. The van der Waals surface area contributed by atoms with Gasteiger partial charge in [-0.2, -0.15) is 0 Å². The topological polar surface area (TPSA) is 589 Å². The zero-order chi connectivity index (χ0) is 84.3. The molecule has 0 aliphatic carbocycles. The number of halogens is 1. The van der Waals surface area contributed by atoms with Gasteiger partial charge in [0.05, 0.1) is 49.9 Å². The Morgan fingerprint density at radius 3 is 1.54 bits per heavy atom. The molecule has 21 N–H and O–H groups in total. The number of carbonyl (C=O) groups is 15. The summed E-state index contributed by atoms with van der Waals surface area (Å²) in [5.74, 6) is -16.0. The lowest BCUT2D eigenvalue weighted by Crippen LogP contribution is -2.63. The van der Waals surface area contributed by atoms with Gasteiger partial charge in [-0.05, 0) is 103 Å². The largest absolute Gasteiger partial charge is 0.508 e. The van der Waals surface area contributed by atoms with Crippen molar-refractivity contribution in [2.75, 3.05) is 45.8 Å². The number of amides is 13. The SMILES string of the molecule is CCCCCCCCCCCCC[C@H](CC(=O)O)OC(=O)[C@H](CCC(=O)N1CCNCC1)NC(=O)[C@@H](NC(=O)CNC(=O)[C@@H](NC(=O)[C@@H]1CCCN1C(=O)[C@@H](NC(=O)[C@@H](NC(=O)[C@@H]1CCCN1C(=O)[C@@H](NC(=O)[C@H](Cc1ccc(O)cc1)NC(=O)[C@@H](C)NC(=O)[C@@H](N)[C@@H](C)O)C(C)C)[C@@H](C)O)[C@@H](C)O)[C@H](O)CC(N)=O)[C@@H](C)O.Cl. The molecule has 1 aromatic rings. The normalized spacial score (nSPS) is 18.7. The van der Waals surface area contributed by atoms with Gasteiger partial charge in [0.1, 0.15) is 78.3 Å². The fraction of sp³-hybridized carbons (Fsp3) is 0.720. The second-order valence-corrected chi connectivity index (χ2v) is 29.9. The minimum absolute atomic E-state index is 0. The van der Waals surface area contributed by atoms with Gasteiger partial charge < -0.3 is 120 Å². The summed E-state index contributed by atoms with van der Waals surface area (Å²) >= 11 is 0. The molecular weight excluding hydrogens is 1510 g/mol. The molecule has 3 fully saturated rings. The van der Waals surface area contributed by atoms with E-state index >= 15 is 0 Å². The summed E-state index contributed by atoms with van der Waals surface area (Å²) in [6.07, 6.45) is -0.254. The van der Waals surface area contributed by atoms with Crippen molar-refractivity contribution in [3.05, 3.63) is 29.8 Å². The molecule has 3 heterocycles. The van der Waals surface area contributed by atoms with Crippen LogP contribution >= 0.6 is 12.4 Å². The number of rotatable bonds is 49. The Kier molecular flexibility index (Phi) is 43.9. The molecule has 0 saturated carbocycles. The molecule has 1 aromatic carbocycles. The van der Waals surface area contributed by atoms with E-state index in [1.54, 1.807) is 18.7 Å². The van der Waals surface area contributed by atoms with Crippen LogP contribution in [-0.2, 0) is 83.1 Å². The van der Waals surface area contributed by atoms with Crippen LogP contribution in [0.3, 0.4) is 0 Å². The van der Waals surface area contributed by atoms with Gasteiger partial charge in [0.2, 0.25) is 76.8 Å².